The van der Waals surface area contributed by atoms with Crippen LogP contribution in [0.5, 0.6) is 0 Å². The summed E-state index contributed by atoms with van der Waals surface area (Å²) in [5.74, 6) is -0.0455. The van der Waals surface area contributed by atoms with Crippen LogP contribution in [0.25, 0.3) is 10.6 Å². The number of aromatic nitrogens is 1. The minimum absolute atomic E-state index is 0.0455. The van der Waals surface area contributed by atoms with Gasteiger partial charge < -0.3 is 10.1 Å². The lowest BCUT2D eigenvalue weighted by molar-refractivity contribution is 0.0954. The van der Waals surface area contributed by atoms with Gasteiger partial charge in [-0.15, -0.1) is 22.7 Å². The van der Waals surface area contributed by atoms with Crippen molar-refractivity contribution in [3.63, 3.8) is 0 Å². The van der Waals surface area contributed by atoms with Crippen molar-refractivity contribution in [2.45, 2.75) is 20.0 Å². The molecule has 0 spiro atoms. The van der Waals surface area contributed by atoms with Crippen molar-refractivity contribution in [1.29, 1.82) is 0 Å². The molecule has 6 heteroatoms. The fraction of sp³-hybridized carbons (Fsp3) is 0.263. The van der Waals surface area contributed by atoms with Crippen molar-refractivity contribution < 1.29 is 9.53 Å². The Morgan fingerprint density at radius 2 is 2.00 bits per heavy atom. The number of benzene rings is 1. The fourth-order valence-corrected chi connectivity index (χ4v) is 4.10. The Labute approximate surface area is 155 Å². The van der Waals surface area contributed by atoms with Gasteiger partial charge in [0.25, 0.3) is 5.91 Å². The van der Waals surface area contributed by atoms with Crippen LogP contribution in [0.3, 0.4) is 0 Å². The Morgan fingerprint density at radius 3 is 2.68 bits per heavy atom. The Hall–Kier alpha value is -2.02. The van der Waals surface area contributed by atoms with Crippen LogP contribution in [0.1, 0.15) is 25.8 Å². The third kappa shape index (κ3) is 4.75. The SMILES string of the molecule is COCc1ccc(C(=O)NCCc2ccc(-c3csc(C)n3)s2)cc1. The number of ether oxygens (including phenoxy) is 1. The second kappa shape index (κ2) is 8.38. The molecule has 0 aliphatic heterocycles. The molecule has 0 fully saturated rings. The van der Waals surface area contributed by atoms with E-state index in [1.54, 1.807) is 29.8 Å². The van der Waals surface area contributed by atoms with E-state index in [2.05, 4.69) is 27.8 Å². The highest BCUT2D eigenvalue weighted by molar-refractivity contribution is 7.16. The van der Waals surface area contributed by atoms with E-state index in [1.807, 2.05) is 31.2 Å². The van der Waals surface area contributed by atoms with Crippen molar-refractivity contribution >= 4 is 28.6 Å². The lowest BCUT2D eigenvalue weighted by atomic mass is 10.1. The van der Waals surface area contributed by atoms with Gasteiger partial charge >= 0.3 is 0 Å². The van der Waals surface area contributed by atoms with E-state index in [-0.39, 0.29) is 5.91 Å². The molecule has 0 saturated heterocycles. The van der Waals surface area contributed by atoms with Gasteiger partial charge in [0, 0.05) is 29.5 Å². The minimum Gasteiger partial charge on any atom is -0.380 e. The predicted octanol–water partition coefficient (Wildman–Crippen LogP) is 4.30. The first kappa shape index (κ1) is 17.8. The number of aryl methyl sites for hydroxylation is 1. The highest BCUT2D eigenvalue weighted by Gasteiger charge is 2.08. The van der Waals surface area contributed by atoms with Crippen LogP contribution in [-0.4, -0.2) is 24.5 Å². The molecule has 0 saturated carbocycles. The molecule has 0 radical (unpaired) electrons. The molecule has 2 heterocycles. The van der Waals surface area contributed by atoms with Crippen LogP contribution < -0.4 is 5.32 Å². The van der Waals surface area contributed by atoms with Crippen LogP contribution >= 0.6 is 22.7 Å². The summed E-state index contributed by atoms with van der Waals surface area (Å²) in [6.45, 7) is 3.19. The van der Waals surface area contributed by atoms with Gasteiger partial charge in [-0.05, 0) is 43.2 Å². The summed E-state index contributed by atoms with van der Waals surface area (Å²) in [7, 11) is 1.66. The van der Waals surface area contributed by atoms with Gasteiger partial charge in [0.15, 0.2) is 0 Å². The number of thiazole rings is 1. The predicted molar refractivity (Wildman–Crippen MR) is 103 cm³/mol. The lowest BCUT2D eigenvalue weighted by Gasteiger charge is -2.05. The molecule has 0 bridgehead atoms. The first-order valence-corrected chi connectivity index (χ1v) is 9.72. The number of thiophene rings is 1. The van der Waals surface area contributed by atoms with Crippen molar-refractivity contribution in [2.24, 2.45) is 0 Å². The van der Waals surface area contributed by atoms with Gasteiger partial charge in [0.05, 0.1) is 22.2 Å². The zero-order valence-corrected chi connectivity index (χ0v) is 15.9. The number of nitrogens with zero attached hydrogens (tertiary/aromatic N) is 1. The molecule has 0 aliphatic carbocycles. The molecule has 130 valence electrons. The molecule has 4 nitrogen and oxygen atoms in total. The zero-order valence-electron chi connectivity index (χ0n) is 14.2. The summed E-state index contributed by atoms with van der Waals surface area (Å²) in [5.41, 5.74) is 2.77. The van der Waals surface area contributed by atoms with Gasteiger partial charge in [0.2, 0.25) is 0 Å². The lowest BCUT2D eigenvalue weighted by Crippen LogP contribution is -2.25. The molecule has 3 rings (SSSR count). The summed E-state index contributed by atoms with van der Waals surface area (Å²) in [6, 6.07) is 11.7. The number of nitrogens with one attached hydrogen (secondary N) is 1. The van der Waals surface area contributed by atoms with Crippen LogP contribution in [0.15, 0.2) is 41.8 Å². The average Bonchev–Trinajstić information content (AvgIpc) is 3.25. The normalized spacial score (nSPS) is 10.8. The monoisotopic (exact) mass is 372 g/mol. The van der Waals surface area contributed by atoms with E-state index in [0.29, 0.717) is 18.7 Å². The number of hydrogen-bond donors (Lipinski definition) is 1. The maximum absolute atomic E-state index is 12.2. The van der Waals surface area contributed by atoms with Gasteiger partial charge in [-0.3, -0.25) is 4.79 Å². The van der Waals surface area contributed by atoms with Crippen LogP contribution in [-0.2, 0) is 17.8 Å². The standard InChI is InChI=1S/C19H20N2O2S2/c1-13-21-17(12-24-13)18-8-7-16(25-18)9-10-20-19(22)15-5-3-14(4-6-15)11-23-2/h3-8,12H,9-11H2,1-2H3,(H,20,22). The van der Waals surface area contributed by atoms with Gasteiger partial charge in [-0.1, -0.05) is 12.1 Å². The molecule has 3 aromatic rings. The smallest absolute Gasteiger partial charge is 0.251 e. The molecule has 1 N–H and O–H groups in total. The fourth-order valence-electron chi connectivity index (χ4n) is 2.45. The maximum Gasteiger partial charge on any atom is 0.251 e. The Balaban J connectivity index is 1.51. The molecule has 25 heavy (non-hydrogen) atoms. The number of rotatable bonds is 7. The molecule has 0 atom stereocenters. The van der Waals surface area contributed by atoms with Crippen molar-refractivity contribution in [1.82, 2.24) is 10.3 Å². The van der Waals surface area contributed by atoms with E-state index in [0.717, 1.165) is 22.7 Å². The molecule has 0 aliphatic rings. The minimum atomic E-state index is -0.0455. The first-order valence-electron chi connectivity index (χ1n) is 8.03. The van der Waals surface area contributed by atoms with E-state index in [9.17, 15) is 4.79 Å². The molecule has 0 unspecified atom stereocenters. The topological polar surface area (TPSA) is 51.2 Å². The summed E-state index contributed by atoms with van der Waals surface area (Å²) < 4.78 is 5.07. The summed E-state index contributed by atoms with van der Waals surface area (Å²) in [6.07, 6.45) is 0.821. The number of amides is 1. The number of methoxy groups -OCH3 is 1. The van der Waals surface area contributed by atoms with Gasteiger partial charge in [-0.2, -0.15) is 0 Å². The molecular formula is C19H20N2O2S2. The van der Waals surface area contributed by atoms with E-state index < -0.39 is 0 Å². The number of hydrogen-bond acceptors (Lipinski definition) is 5. The second-order valence-electron chi connectivity index (χ2n) is 5.65. The van der Waals surface area contributed by atoms with Gasteiger partial charge in [0.1, 0.15) is 0 Å². The Kier molecular flexibility index (Phi) is 5.96. The zero-order chi connectivity index (χ0) is 17.6. The summed E-state index contributed by atoms with van der Waals surface area (Å²) in [4.78, 5) is 19.1. The van der Waals surface area contributed by atoms with E-state index in [1.165, 1.54) is 9.75 Å². The van der Waals surface area contributed by atoms with Crippen LogP contribution in [0.2, 0.25) is 0 Å². The van der Waals surface area contributed by atoms with Crippen LogP contribution in [0, 0.1) is 6.92 Å². The summed E-state index contributed by atoms with van der Waals surface area (Å²) in [5, 5.41) is 6.14. The first-order chi connectivity index (χ1) is 12.2. The molecule has 1 aromatic carbocycles. The highest BCUT2D eigenvalue weighted by atomic mass is 32.1. The quantitative estimate of drug-likeness (QED) is 0.673. The molecule has 1 amide bonds. The van der Waals surface area contributed by atoms with Gasteiger partial charge in [-0.25, -0.2) is 4.98 Å². The van der Waals surface area contributed by atoms with Crippen molar-refractivity contribution in [3.8, 4) is 10.6 Å². The van der Waals surface area contributed by atoms with E-state index >= 15 is 0 Å². The average molecular weight is 373 g/mol. The Morgan fingerprint density at radius 1 is 1.20 bits per heavy atom. The number of carbonyl (C=O) groups is 1. The maximum atomic E-state index is 12.2. The van der Waals surface area contributed by atoms with E-state index in [4.69, 9.17) is 4.74 Å². The third-order valence-corrected chi connectivity index (χ3v) is 5.66. The van der Waals surface area contributed by atoms with Crippen molar-refractivity contribution in [2.75, 3.05) is 13.7 Å². The third-order valence-electron chi connectivity index (χ3n) is 3.72. The highest BCUT2D eigenvalue weighted by Crippen LogP contribution is 2.29. The van der Waals surface area contributed by atoms with Crippen LogP contribution in [0.4, 0.5) is 0 Å². The number of carbonyl (C=O) groups excluding carboxylic acids is 1. The molecular weight excluding hydrogens is 352 g/mol. The molecule has 2 aromatic heterocycles. The second-order valence-corrected chi connectivity index (χ2v) is 7.88. The Bertz CT molecular complexity index is 837. The summed E-state index contributed by atoms with van der Waals surface area (Å²) >= 11 is 3.40. The van der Waals surface area contributed by atoms with Crippen molar-refractivity contribution in [3.05, 3.63) is 62.8 Å². The largest absolute Gasteiger partial charge is 0.380 e.